The molecule has 1 unspecified atom stereocenters. The van der Waals surface area contributed by atoms with Crippen molar-refractivity contribution < 1.29 is 58.0 Å². The molecule has 8 atom stereocenters. The number of aliphatic hydroxyl groups is 2. The number of nitrogens with one attached hydrogen (secondary N) is 2. The second-order valence-electron chi connectivity index (χ2n) is 16.6. The van der Waals surface area contributed by atoms with E-state index in [1.165, 1.54) is 36.2 Å². The summed E-state index contributed by atoms with van der Waals surface area (Å²) in [6.07, 6.45) is 7.23. The fourth-order valence-corrected chi connectivity index (χ4v) is 7.43. The molecule has 14 nitrogen and oxygen atoms in total. The standard InChI is InChI=1S/C48H60FN3O11/c1-29(2)38-28-42(56)37(22-21-31(4)53)45(58)32(5)41(55)18-10-7-11-19-43(30(3)14-12-20-44(57)62-36-15-8-6-9-16-36)63-48(61)39-17-13-23-52(51-39)47(60)40(50-46(38)59)26-33-24-34(49)27-35(54)25-33/h6-12,14-16,18,20,24-25,27,29,32,37-41,43,45,51,54-55,58H,13,17,19,21-23,26,28H2,1-5H3,(H,50,59)/b11-7+,18-10+,20-12+,30-14+/t32-,37-,38-,39?,40-,41-,43-,45+/m0/s1. The zero-order valence-corrected chi connectivity index (χ0v) is 36.4. The van der Waals surface area contributed by atoms with Crippen LogP contribution in [-0.4, -0.2) is 92.6 Å². The van der Waals surface area contributed by atoms with Crippen LogP contribution in [0.2, 0.25) is 0 Å². The van der Waals surface area contributed by atoms with Crippen LogP contribution in [0.5, 0.6) is 11.5 Å². The number of phenols is 1. The van der Waals surface area contributed by atoms with Gasteiger partial charge in [0.05, 0.1) is 12.2 Å². The first-order valence-electron chi connectivity index (χ1n) is 21.3. The average Bonchev–Trinajstić information content (AvgIpc) is 3.23. The summed E-state index contributed by atoms with van der Waals surface area (Å²) in [5, 5.41) is 36.7. The Balaban J connectivity index is 1.71. The Morgan fingerprint density at radius 1 is 1.05 bits per heavy atom. The minimum absolute atomic E-state index is 0.0230. The molecular weight excluding hydrogens is 814 g/mol. The number of hydrogen-bond acceptors (Lipinski definition) is 12. The van der Waals surface area contributed by atoms with Crippen molar-refractivity contribution in [1.82, 2.24) is 15.8 Å². The van der Waals surface area contributed by atoms with E-state index in [0.29, 0.717) is 24.2 Å². The Labute approximate surface area is 367 Å². The molecule has 15 heteroatoms. The molecule has 4 rings (SSSR count). The number of amides is 2. The number of cyclic esters (lactones) is 1. The summed E-state index contributed by atoms with van der Waals surface area (Å²) in [7, 11) is 0. The van der Waals surface area contributed by atoms with E-state index in [1.807, 2.05) is 0 Å². The lowest BCUT2D eigenvalue weighted by Gasteiger charge is -2.36. The number of carbonyl (C=O) groups excluding carboxylic acids is 6. The minimum Gasteiger partial charge on any atom is -0.508 e. The van der Waals surface area contributed by atoms with Crippen molar-refractivity contribution in [3.63, 3.8) is 0 Å². The summed E-state index contributed by atoms with van der Waals surface area (Å²) in [5.41, 5.74) is 3.68. The number of hydrazine groups is 1. The molecule has 1 saturated heterocycles. The minimum atomic E-state index is -1.41. The number of halogens is 1. The van der Waals surface area contributed by atoms with E-state index in [2.05, 4.69) is 10.7 Å². The molecule has 2 aliphatic rings. The van der Waals surface area contributed by atoms with E-state index in [0.717, 1.165) is 12.1 Å². The van der Waals surface area contributed by atoms with E-state index in [-0.39, 0.29) is 50.0 Å². The number of ketones is 2. The third-order valence-corrected chi connectivity index (χ3v) is 11.2. The van der Waals surface area contributed by atoms with Crippen LogP contribution in [0.25, 0.3) is 0 Å². The molecule has 0 spiro atoms. The van der Waals surface area contributed by atoms with Crippen molar-refractivity contribution in [2.75, 3.05) is 6.54 Å². The van der Waals surface area contributed by atoms with Crippen LogP contribution < -0.4 is 15.5 Å². The Morgan fingerprint density at radius 2 is 1.78 bits per heavy atom. The van der Waals surface area contributed by atoms with Gasteiger partial charge in [-0.25, -0.2) is 14.6 Å². The van der Waals surface area contributed by atoms with Crippen molar-refractivity contribution in [1.29, 1.82) is 0 Å². The van der Waals surface area contributed by atoms with Gasteiger partial charge in [0.25, 0.3) is 5.91 Å². The maximum absolute atomic E-state index is 14.5. The summed E-state index contributed by atoms with van der Waals surface area (Å²) < 4.78 is 25.8. The van der Waals surface area contributed by atoms with Crippen molar-refractivity contribution >= 4 is 35.3 Å². The molecule has 0 aliphatic carbocycles. The molecule has 2 aromatic rings. The number of carbonyl (C=O) groups is 6. The normalized spacial score (nSPS) is 27.2. The fourth-order valence-electron chi connectivity index (χ4n) is 7.43. The summed E-state index contributed by atoms with van der Waals surface area (Å²) in [6, 6.07) is 9.44. The zero-order valence-electron chi connectivity index (χ0n) is 36.4. The summed E-state index contributed by atoms with van der Waals surface area (Å²) in [6.45, 7) is 8.21. The summed E-state index contributed by atoms with van der Waals surface area (Å²) in [5.74, 6) is -7.64. The van der Waals surface area contributed by atoms with Crippen molar-refractivity contribution in [2.45, 2.75) is 110 Å². The molecule has 0 radical (unpaired) electrons. The number of hydrogen-bond donors (Lipinski definition) is 5. The molecule has 1 fully saturated rings. The highest BCUT2D eigenvalue weighted by Gasteiger charge is 2.39. The highest BCUT2D eigenvalue weighted by Crippen LogP contribution is 2.28. The largest absolute Gasteiger partial charge is 0.508 e. The number of benzene rings is 2. The second-order valence-corrected chi connectivity index (χ2v) is 16.6. The van der Waals surface area contributed by atoms with Gasteiger partial charge < -0.3 is 34.9 Å². The van der Waals surface area contributed by atoms with E-state index < -0.39 is 95.2 Å². The number of phenolic OH excluding ortho intramolecular Hbond substituents is 1. The fraction of sp³-hybridized carbons (Fsp3) is 0.458. The van der Waals surface area contributed by atoms with Crippen LogP contribution in [-0.2, 0) is 39.9 Å². The van der Waals surface area contributed by atoms with Gasteiger partial charge in [0.15, 0.2) is 0 Å². The molecule has 2 aromatic carbocycles. The van der Waals surface area contributed by atoms with Gasteiger partial charge in [-0.1, -0.05) is 75.4 Å². The Bertz CT molecular complexity index is 2030. The van der Waals surface area contributed by atoms with Crippen molar-refractivity contribution in [3.05, 3.63) is 108 Å². The smallest absolute Gasteiger partial charge is 0.336 e. The summed E-state index contributed by atoms with van der Waals surface area (Å²) in [4.78, 5) is 80.9. The maximum Gasteiger partial charge on any atom is 0.336 e. The predicted octanol–water partition coefficient (Wildman–Crippen LogP) is 5.16. The molecule has 2 aliphatic heterocycles. The SMILES string of the molecule is CC(=O)CC[C@H]1C(=O)C[C@@H](C(C)C)C(=O)N[C@@H](Cc2cc(O)cc(F)c2)C(=O)N2CCCC(N2)C(=O)O[C@H](/C(C)=C/C=C/C(=O)Oc2ccccc2)C/C=C/C=C/[C@H](O)[C@H](C)[C@H]1O. The van der Waals surface area contributed by atoms with Gasteiger partial charge >= 0.3 is 11.9 Å². The van der Waals surface area contributed by atoms with Gasteiger partial charge in [-0.2, -0.15) is 0 Å². The molecular formula is C48H60FN3O11. The lowest BCUT2D eigenvalue weighted by molar-refractivity contribution is -0.156. The molecule has 0 saturated carbocycles. The zero-order chi connectivity index (χ0) is 46.2. The number of Topliss-reactive ketones (excluding diaryl/α,β-unsaturated/α-hetero) is 2. The number of ether oxygens (including phenoxy) is 2. The first kappa shape index (κ1) is 49.9. The van der Waals surface area contributed by atoms with Crippen LogP contribution in [0, 0.1) is 29.5 Å². The van der Waals surface area contributed by atoms with E-state index >= 15 is 0 Å². The van der Waals surface area contributed by atoms with Gasteiger partial charge in [0.1, 0.15) is 47.1 Å². The topological polar surface area (TPSA) is 209 Å². The van der Waals surface area contributed by atoms with Gasteiger partial charge in [0, 0.05) is 62.1 Å². The van der Waals surface area contributed by atoms with Crippen LogP contribution >= 0.6 is 0 Å². The van der Waals surface area contributed by atoms with Crippen LogP contribution in [0.1, 0.15) is 78.7 Å². The van der Waals surface area contributed by atoms with Crippen LogP contribution in [0.3, 0.4) is 0 Å². The third kappa shape index (κ3) is 15.5. The van der Waals surface area contributed by atoms with Gasteiger partial charge in [-0.3, -0.25) is 24.2 Å². The maximum atomic E-state index is 14.5. The summed E-state index contributed by atoms with van der Waals surface area (Å²) >= 11 is 0. The molecule has 340 valence electrons. The number of nitrogens with zero attached hydrogens (tertiary/aromatic N) is 1. The second kappa shape index (κ2) is 24.2. The first-order chi connectivity index (χ1) is 29.9. The van der Waals surface area contributed by atoms with Crippen molar-refractivity contribution in [3.8, 4) is 11.5 Å². The first-order valence-corrected chi connectivity index (χ1v) is 21.3. The van der Waals surface area contributed by atoms with Gasteiger partial charge in [-0.15, -0.1) is 0 Å². The van der Waals surface area contributed by atoms with E-state index in [9.17, 15) is 48.5 Å². The molecule has 2 heterocycles. The number of aromatic hydroxyl groups is 1. The lowest BCUT2D eigenvalue weighted by atomic mass is 9.78. The van der Waals surface area contributed by atoms with Gasteiger partial charge in [0.2, 0.25) is 5.91 Å². The third-order valence-electron chi connectivity index (χ3n) is 11.2. The van der Waals surface area contributed by atoms with Gasteiger partial charge in [-0.05, 0) is 74.4 Å². The van der Waals surface area contributed by atoms with E-state index in [4.69, 9.17) is 9.47 Å². The number of fused-ring (bicyclic) bond motifs is 2. The number of allylic oxidation sites excluding steroid dienone is 4. The van der Waals surface area contributed by atoms with Crippen molar-refractivity contribution in [2.24, 2.45) is 23.7 Å². The predicted molar refractivity (Wildman–Crippen MR) is 232 cm³/mol. The monoisotopic (exact) mass is 873 g/mol. The highest BCUT2D eigenvalue weighted by molar-refractivity contribution is 5.92. The van der Waals surface area contributed by atoms with Crippen LogP contribution in [0.15, 0.2) is 96.6 Å². The quantitative estimate of drug-likeness (QED) is 0.0908. The van der Waals surface area contributed by atoms with Crippen LogP contribution in [0.4, 0.5) is 4.39 Å². The molecule has 5 N–H and O–H groups in total. The number of rotatable bonds is 10. The molecule has 2 bridgehead atoms. The Hall–Kier alpha value is -5.77. The lowest BCUT2D eigenvalue weighted by Crippen LogP contribution is -2.61. The Kier molecular flexibility index (Phi) is 19.1. The van der Waals surface area contributed by atoms with E-state index in [1.54, 1.807) is 82.3 Å². The average molecular weight is 874 g/mol. The number of esters is 2. The highest BCUT2D eigenvalue weighted by atomic mass is 19.1. The number of aliphatic hydroxyl groups excluding tert-OH is 2. The Morgan fingerprint density at radius 3 is 2.46 bits per heavy atom. The molecule has 0 aromatic heterocycles. The number of para-hydroxylation sites is 1. The molecule has 63 heavy (non-hydrogen) atoms. The molecule has 2 amide bonds.